The van der Waals surface area contributed by atoms with Crippen molar-refractivity contribution in [2.75, 3.05) is 0 Å². The summed E-state index contributed by atoms with van der Waals surface area (Å²) in [5.41, 5.74) is 0.297. The number of hydrogen-bond donors (Lipinski definition) is 0. The van der Waals surface area contributed by atoms with E-state index in [2.05, 4.69) is 20.7 Å². The molecule has 0 unspecified atom stereocenters. The van der Waals surface area contributed by atoms with Crippen LogP contribution >= 0.6 is 27.5 Å². The van der Waals surface area contributed by atoms with E-state index >= 15 is 0 Å². The molecule has 2 nitrogen and oxygen atoms in total. The first-order valence-electron chi connectivity index (χ1n) is 3.24. The van der Waals surface area contributed by atoms with Gasteiger partial charge in [0.15, 0.2) is 0 Å². The molecule has 0 bridgehead atoms. The Morgan fingerprint density at radius 1 is 1.42 bits per heavy atom. The molecule has 0 saturated carbocycles. The Kier molecular flexibility index (Phi) is 3.56. The molecule has 0 saturated heterocycles. The van der Waals surface area contributed by atoms with E-state index in [9.17, 15) is 4.79 Å². The van der Waals surface area contributed by atoms with Crippen molar-refractivity contribution in [3.8, 4) is 5.75 Å². The van der Waals surface area contributed by atoms with Gasteiger partial charge in [-0.1, -0.05) is 28.1 Å². The van der Waals surface area contributed by atoms with Crippen molar-refractivity contribution in [3.63, 3.8) is 0 Å². The number of benzene rings is 1. The molecule has 1 aromatic carbocycles. The van der Waals surface area contributed by atoms with Crippen LogP contribution in [0.2, 0.25) is 0 Å². The standard InChI is InChI=1S/C8H6BrClO2/c9-5-6-1-3-7(4-2-6)12-8(10)11/h1-4H,5H2. The summed E-state index contributed by atoms with van der Waals surface area (Å²) in [6, 6.07) is 7.08. The number of halogens is 2. The third-order valence-electron chi connectivity index (χ3n) is 1.28. The van der Waals surface area contributed by atoms with Gasteiger partial charge in [0.05, 0.1) is 0 Å². The van der Waals surface area contributed by atoms with Crippen LogP contribution < -0.4 is 4.74 Å². The molecule has 0 fully saturated rings. The molecule has 1 rings (SSSR count). The molecule has 64 valence electrons. The topological polar surface area (TPSA) is 26.3 Å². The Morgan fingerprint density at radius 2 is 2.00 bits per heavy atom. The summed E-state index contributed by atoms with van der Waals surface area (Å²) in [6.07, 6.45) is 0. The largest absolute Gasteiger partial charge is 0.415 e. The van der Waals surface area contributed by atoms with Crippen molar-refractivity contribution in [2.45, 2.75) is 5.33 Å². The lowest BCUT2D eigenvalue weighted by atomic mass is 10.2. The van der Waals surface area contributed by atoms with Gasteiger partial charge >= 0.3 is 5.43 Å². The quantitative estimate of drug-likeness (QED) is 0.594. The lowest BCUT2D eigenvalue weighted by molar-refractivity contribution is 0.225. The molecule has 0 aliphatic carbocycles. The van der Waals surface area contributed by atoms with Crippen LogP contribution in [0.1, 0.15) is 5.56 Å². The fraction of sp³-hybridized carbons (Fsp3) is 0.125. The van der Waals surface area contributed by atoms with Crippen molar-refractivity contribution < 1.29 is 9.53 Å². The van der Waals surface area contributed by atoms with Gasteiger partial charge in [0.25, 0.3) is 0 Å². The number of rotatable bonds is 2. The van der Waals surface area contributed by atoms with Gasteiger partial charge in [-0.2, -0.15) is 0 Å². The van der Waals surface area contributed by atoms with E-state index in [1.807, 2.05) is 12.1 Å². The minimum atomic E-state index is -0.818. The van der Waals surface area contributed by atoms with Crippen LogP contribution in [0.4, 0.5) is 4.79 Å². The number of ether oxygens (including phenoxy) is 1. The summed E-state index contributed by atoms with van der Waals surface area (Å²) < 4.78 is 4.62. The smallest absolute Gasteiger partial charge is 0.409 e. The van der Waals surface area contributed by atoms with E-state index < -0.39 is 5.43 Å². The molecule has 0 spiro atoms. The highest BCUT2D eigenvalue weighted by Crippen LogP contribution is 2.14. The molecule has 0 aliphatic rings. The van der Waals surface area contributed by atoms with Crippen molar-refractivity contribution in [1.82, 2.24) is 0 Å². The maximum Gasteiger partial charge on any atom is 0.409 e. The highest BCUT2D eigenvalue weighted by molar-refractivity contribution is 9.08. The van der Waals surface area contributed by atoms with E-state index in [1.165, 1.54) is 0 Å². The maximum atomic E-state index is 10.3. The molecule has 0 atom stereocenters. The van der Waals surface area contributed by atoms with Crippen molar-refractivity contribution >= 4 is 33.0 Å². The van der Waals surface area contributed by atoms with E-state index in [0.29, 0.717) is 5.75 Å². The molecule has 1 aromatic rings. The molecule has 4 heteroatoms. The zero-order valence-electron chi connectivity index (χ0n) is 6.09. The third kappa shape index (κ3) is 2.83. The number of alkyl halides is 1. The van der Waals surface area contributed by atoms with Gasteiger partial charge in [0.2, 0.25) is 0 Å². The summed E-state index contributed by atoms with van der Waals surface area (Å²) in [7, 11) is 0. The molecule has 12 heavy (non-hydrogen) atoms. The molecule has 0 heterocycles. The molecule has 0 aromatic heterocycles. The van der Waals surface area contributed by atoms with E-state index in [0.717, 1.165) is 10.9 Å². The number of carbonyl (C=O) groups excluding carboxylic acids is 1. The summed E-state index contributed by atoms with van der Waals surface area (Å²) in [5, 5.41) is 0.780. The Labute approximate surface area is 83.6 Å². The molecule has 0 radical (unpaired) electrons. The highest BCUT2D eigenvalue weighted by Gasteiger charge is 1.98. The van der Waals surface area contributed by atoms with Gasteiger partial charge in [-0.25, -0.2) is 4.79 Å². The van der Waals surface area contributed by atoms with Crippen LogP contribution in [0, 0.1) is 0 Å². The van der Waals surface area contributed by atoms with Crippen molar-refractivity contribution in [2.24, 2.45) is 0 Å². The molecule has 0 aliphatic heterocycles. The van der Waals surface area contributed by atoms with Crippen LogP contribution in [-0.2, 0) is 5.33 Å². The van der Waals surface area contributed by atoms with Crippen LogP contribution in [0.3, 0.4) is 0 Å². The van der Waals surface area contributed by atoms with Gasteiger partial charge in [-0.05, 0) is 17.7 Å². The Balaban J connectivity index is 2.71. The SMILES string of the molecule is O=C(Cl)Oc1ccc(CBr)cc1. The molecular weight excluding hydrogens is 243 g/mol. The summed E-state index contributed by atoms with van der Waals surface area (Å²) in [6.45, 7) is 0. The summed E-state index contributed by atoms with van der Waals surface area (Å²) >= 11 is 8.31. The number of hydrogen-bond acceptors (Lipinski definition) is 2. The van der Waals surface area contributed by atoms with Crippen LogP contribution in [0.5, 0.6) is 5.75 Å². The average Bonchev–Trinajstić information content (AvgIpc) is 2.05. The second-order valence-corrected chi connectivity index (χ2v) is 2.99. The summed E-state index contributed by atoms with van der Waals surface area (Å²) in [5.74, 6) is 0.458. The Bertz CT molecular complexity index is 271. The maximum absolute atomic E-state index is 10.3. The second-order valence-electron chi connectivity index (χ2n) is 2.12. The summed E-state index contributed by atoms with van der Waals surface area (Å²) in [4.78, 5) is 10.3. The van der Waals surface area contributed by atoms with Gasteiger partial charge in [0, 0.05) is 16.9 Å². The van der Waals surface area contributed by atoms with Crippen LogP contribution in [0.15, 0.2) is 24.3 Å². The van der Waals surface area contributed by atoms with E-state index in [1.54, 1.807) is 12.1 Å². The molecule has 0 N–H and O–H groups in total. The van der Waals surface area contributed by atoms with Gasteiger partial charge < -0.3 is 4.74 Å². The zero-order valence-corrected chi connectivity index (χ0v) is 8.43. The average molecular weight is 249 g/mol. The fourth-order valence-corrected chi connectivity index (χ4v) is 1.20. The molecular formula is C8H6BrClO2. The predicted molar refractivity (Wildman–Crippen MR) is 51.0 cm³/mol. The van der Waals surface area contributed by atoms with E-state index in [4.69, 9.17) is 11.6 Å². The monoisotopic (exact) mass is 248 g/mol. The minimum absolute atomic E-state index is 0.458. The predicted octanol–water partition coefficient (Wildman–Crippen LogP) is 3.32. The number of carbonyl (C=O) groups is 1. The first-order valence-corrected chi connectivity index (χ1v) is 4.74. The lowest BCUT2D eigenvalue weighted by Crippen LogP contribution is -1.95. The van der Waals surface area contributed by atoms with Gasteiger partial charge in [-0.3, -0.25) is 0 Å². The van der Waals surface area contributed by atoms with Crippen LogP contribution in [-0.4, -0.2) is 5.43 Å². The molecule has 0 amide bonds. The highest BCUT2D eigenvalue weighted by atomic mass is 79.9. The first-order chi connectivity index (χ1) is 5.72. The van der Waals surface area contributed by atoms with Crippen molar-refractivity contribution in [3.05, 3.63) is 29.8 Å². The Hall–Kier alpha value is -0.540. The lowest BCUT2D eigenvalue weighted by Gasteiger charge is -1.99. The third-order valence-corrected chi connectivity index (χ3v) is 2.00. The van der Waals surface area contributed by atoms with Gasteiger partial charge in [0.1, 0.15) is 5.75 Å². The normalized spacial score (nSPS) is 9.50. The van der Waals surface area contributed by atoms with Crippen LogP contribution in [0.25, 0.3) is 0 Å². The first kappa shape index (κ1) is 9.55. The Morgan fingerprint density at radius 3 is 2.42 bits per heavy atom. The van der Waals surface area contributed by atoms with E-state index in [-0.39, 0.29) is 0 Å². The van der Waals surface area contributed by atoms with Crippen molar-refractivity contribution in [1.29, 1.82) is 0 Å². The van der Waals surface area contributed by atoms with Gasteiger partial charge in [-0.15, -0.1) is 0 Å². The minimum Gasteiger partial charge on any atom is -0.415 e. The second kappa shape index (κ2) is 4.48. The fourth-order valence-electron chi connectivity index (χ4n) is 0.739. The zero-order chi connectivity index (χ0) is 8.97.